The fourth-order valence-corrected chi connectivity index (χ4v) is 2.19. The zero-order valence-corrected chi connectivity index (χ0v) is 10.3. The van der Waals surface area contributed by atoms with Gasteiger partial charge in [0, 0.05) is 18.7 Å². The maximum Gasteiger partial charge on any atom is 0.311 e. The van der Waals surface area contributed by atoms with Crippen molar-refractivity contribution in [3.8, 4) is 0 Å². The number of carbonyl (C=O) groups excluding carboxylic acids is 2. The molecule has 1 amide bonds. The monoisotopic (exact) mass is 251 g/mol. The van der Waals surface area contributed by atoms with E-state index >= 15 is 0 Å². The smallest absolute Gasteiger partial charge is 0.311 e. The van der Waals surface area contributed by atoms with Crippen LogP contribution in [0.5, 0.6) is 0 Å². The molecule has 2 rings (SSSR count). The van der Waals surface area contributed by atoms with Gasteiger partial charge < -0.3 is 9.64 Å². The van der Waals surface area contributed by atoms with Crippen molar-refractivity contribution in [3.05, 3.63) is 29.6 Å². The lowest BCUT2D eigenvalue weighted by atomic mass is 10.1. The van der Waals surface area contributed by atoms with Crippen molar-refractivity contribution >= 4 is 17.6 Å². The number of nitrogens with zero attached hydrogens (tertiary/aromatic N) is 1. The number of hydrogen-bond donors (Lipinski definition) is 0. The summed E-state index contributed by atoms with van der Waals surface area (Å²) in [6.45, 7) is 2.02. The molecule has 0 aliphatic carbocycles. The molecule has 1 fully saturated rings. The highest BCUT2D eigenvalue weighted by atomic mass is 19.1. The van der Waals surface area contributed by atoms with E-state index in [1.165, 1.54) is 24.1 Å². The minimum Gasteiger partial charge on any atom is -0.469 e. The molecule has 1 heterocycles. The van der Waals surface area contributed by atoms with Gasteiger partial charge in [0.2, 0.25) is 5.91 Å². The van der Waals surface area contributed by atoms with Crippen LogP contribution < -0.4 is 4.90 Å². The van der Waals surface area contributed by atoms with Crippen molar-refractivity contribution in [3.63, 3.8) is 0 Å². The average Bonchev–Trinajstić information content (AvgIpc) is 2.70. The van der Waals surface area contributed by atoms with Gasteiger partial charge in [-0.1, -0.05) is 0 Å². The summed E-state index contributed by atoms with van der Waals surface area (Å²) in [5.74, 6) is -1.30. The van der Waals surface area contributed by atoms with E-state index in [4.69, 9.17) is 0 Å². The molecule has 0 saturated carbocycles. The first-order valence-corrected chi connectivity index (χ1v) is 5.67. The van der Waals surface area contributed by atoms with E-state index in [2.05, 4.69) is 4.74 Å². The van der Waals surface area contributed by atoms with Crippen molar-refractivity contribution in [2.45, 2.75) is 13.3 Å². The van der Waals surface area contributed by atoms with Gasteiger partial charge in [0.05, 0.1) is 13.0 Å². The van der Waals surface area contributed by atoms with Crippen LogP contribution in [0.15, 0.2) is 18.2 Å². The molecule has 1 atom stereocenters. The number of methoxy groups -OCH3 is 1. The minimum atomic E-state index is -0.438. The van der Waals surface area contributed by atoms with E-state index in [0.29, 0.717) is 11.3 Å². The molecule has 0 spiro atoms. The number of aryl methyl sites for hydroxylation is 1. The molecular formula is C13H14FNO3. The van der Waals surface area contributed by atoms with E-state index in [1.807, 2.05) is 0 Å². The lowest BCUT2D eigenvalue weighted by Gasteiger charge is -2.18. The molecule has 0 radical (unpaired) electrons. The Labute approximate surface area is 104 Å². The van der Waals surface area contributed by atoms with Crippen LogP contribution in [0.25, 0.3) is 0 Å². The fraction of sp³-hybridized carbons (Fsp3) is 0.385. The zero-order valence-electron chi connectivity index (χ0n) is 10.3. The number of carbonyl (C=O) groups is 2. The highest BCUT2D eigenvalue weighted by Gasteiger charge is 2.36. The van der Waals surface area contributed by atoms with Crippen LogP contribution in [0.4, 0.5) is 10.1 Å². The number of hydrogen-bond acceptors (Lipinski definition) is 3. The minimum absolute atomic E-state index is 0.139. The molecule has 4 nitrogen and oxygen atoms in total. The largest absolute Gasteiger partial charge is 0.469 e. The Kier molecular flexibility index (Phi) is 3.32. The number of rotatable bonds is 2. The van der Waals surface area contributed by atoms with Gasteiger partial charge in [-0.05, 0) is 30.7 Å². The Bertz CT molecular complexity index is 501. The van der Waals surface area contributed by atoms with Crippen molar-refractivity contribution in [1.82, 2.24) is 0 Å². The molecule has 1 aromatic carbocycles. The predicted octanol–water partition coefficient (Wildman–Crippen LogP) is 1.66. The van der Waals surface area contributed by atoms with Gasteiger partial charge in [-0.15, -0.1) is 0 Å². The second-order valence-electron chi connectivity index (χ2n) is 4.36. The van der Waals surface area contributed by atoms with Gasteiger partial charge in [-0.25, -0.2) is 4.39 Å². The zero-order chi connectivity index (χ0) is 13.3. The Hall–Kier alpha value is -1.91. The third-order valence-electron chi connectivity index (χ3n) is 3.11. The van der Waals surface area contributed by atoms with Crippen LogP contribution in [0.1, 0.15) is 12.0 Å². The van der Waals surface area contributed by atoms with Gasteiger partial charge in [-0.2, -0.15) is 0 Å². The second-order valence-corrected chi connectivity index (χ2v) is 4.36. The van der Waals surface area contributed by atoms with Crippen molar-refractivity contribution in [2.24, 2.45) is 5.92 Å². The first-order chi connectivity index (χ1) is 8.52. The van der Waals surface area contributed by atoms with E-state index in [9.17, 15) is 14.0 Å². The topological polar surface area (TPSA) is 46.6 Å². The summed E-state index contributed by atoms with van der Waals surface area (Å²) in [4.78, 5) is 24.8. The Morgan fingerprint density at radius 1 is 1.50 bits per heavy atom. The summed E-state index contributed by atoms with van der Waals surface area (Å²) < 4.78 is 17.7. The first kappa shape index (κ1) is 12.5. The standard InChI is InChI=1S/C13H14FNO3/c1-8-5-10(14)3-4-11(8)15-7-9(6-12(15)16)13(17)18-2/h3-5,9H,6-7H2,1-2H3. The first-order valence-electron chi connectivity index (χ1n) is 5.67. The van der Waals surface area contributed by atoms with E-state index in [0.717, 1.165) is 0 Å². The SMILES string of the molecule is COC(=O)C1CC(=O)N(c2ccc(F)cc2C)C1. The molecule has 5 heteroatoms. The summed E-state index contributed by atoms with van der Waals surface area (Å²) in [6, 6.07) is 4.23. The van der Waals surface area contributed by atoms with E-state index in [-0.39, 0.29) is 30.7 Å². The van der Waals surface area contributed by atoms with Gasteiger partial charge >= 0.3 is 5.97 Å². The van der Waals surface area contributed by atoms with Crippen molar-refractivity contribution in [1.29, 1.82) is 0 Å². The van der Waals surface area contributed by atoms with Crippen molar-refractivity contribution in [2.75, 3.05) is 18.6 Å². The average molecular weight is 251 g/mol. The van der Waals surface area contributed by atoms with Crippen LogP contribution in [-0.4, -0.2) is 25.5 Å². The van der Waals surface area contributed by atoms with Crippen LogP contribution >= 0.6 is 0 Å². The van der Waals surface area contributed by atoms with E-state index in [1.54, 1.807) is 13.0 Å². The number of ether oxygens (including phenoxy) is 1. The molecule has 1 saturated heterocycles. The molecule has 18 heavy (non-hydrogen) atoms. The number of anilines is 1. The highest BCUT2D eigenvalue weighted by Crippen LogP contribution is 2.28. The summed E-state index contributed by atoms with van der Waals surface area (Å²) in [7, 11) is 1.30. The Morgan fingerprint density at radius 2 is 2.22 bits per heavy atom. The number of amides is 1. The Balaban J connectivity index is 2.24. The van der Waals surface area contributed by atoms with Crippen LogP contribution in [0.2, 0.25) is 0 Å². The van der Waals surface area contributed by atoms with Crippen LogP contribution in [-0.2, 0) is 14.3 Å². The molecular weight excluding hydrogens is 237 g/mol. The normalized spacial score (nSPS) is 19.2. The number of esters is 1. The Morgan fingerprint density at radius 3 is 2.83 bits per heavy atom. The molecule has 1 aromatic rings. The van der Waals surface area contributed by atoms with Gasteiger partial charge in [-0.3, -0.25) is 9.59 Å². The third-order valence-corrected chi connectivity index (χ3v) is 3.11. The van der Waals surface area contributed by atoms with Gasteiger partial charge in [0.1, 0.15) is 5.82 Å². The predicted molar refractivity (Wildman–Crippen MR) is 63.6 cm³/mol. The van der Waals surface area contributed by atoms with Gasteiger partial charge in [0.25, 0.3) is 0 Å². The summed E-state index contributed by atoms with van der Waals surface area (Å²) in [5.41, 5.74) is 1.32. The molecule has 0 aromatic heterocycles. The number of benzene rings is 1. The maximum absolute atomic E-state index is 13.0. The molecule has 0 N–H and O–H groups in total. The van der Waals surface area contributed by atoms with Crippen molar-refractivity contribution < 1.29 is 18.7 Å². The number of halogens is 1. The third kappa shape index (κ3) is 2.20. The summed E-state index contributed by atoms with van der Waals surface area (Å²) in [5, 5.41) is 0. The second kappa shape index (κ2) is 4.76. The molecule has 96 valence electrons. The molecule has 1 aliphatic heterocycles. The molecule has 1 aliphatic rings. The fourth-order valence-electron chi connectivity index (χ4n) is 2.19. The van der Waals surface area contributed by atoms with Crippen LogP contribution in [0.3, 0.4) is 0 Å². The quantitative estimate of drug-likeness (QED) is 0.751. The maximum atomic E-state index is 13.0. The summed E-state index contributed by atoms with van der Waals surface area (Å²) >= 11 is 0. The summed E-state index contributed by atoms with van der Waals surface area (Å²) in [6.07, 6.45) is 0.142. The van der Waals surface area contributed by atoms with Gasteiger partial charge in [0.15, 0.2) is 0 Å². The van der Waals surface area contributed by atoms with Crippen LogP contribution in [0, 0.1) is 18.7 Å². The van der Waals surface area contributed by atoms with E-state index < -0.39 is 5.92 Å². The molecule has 0 bridgehead atoms. The lowest BCUT2D eigenvalue weighted by molar-refractivity contribution is -0.145. The highest BCUT2D eigenvalue weighted by molar-refractivity contribution is 5.99. The molecule has 1 unspecified atom stereocenters. The lowest BCUT2D eigenvalue weighted by Crippen LogP contribution is -2.26.